The van der Waals surface area contributed by atoms with E-state index >= 15 is 0 Å². The highest BCUT2D eigenvalue weighted by Gasteiger charge is 2.29. The second-order valence-corrected chi connectivity index (χ2v) is 8.17. The Labute approximate surface area is 171 Å². The number of nitrogens with one attached hydrogen (secondary N) is 1. The van der Waals surface area contributed by atoms with E-state index in [1.165, 1.54) is 19.3 Å². The van der Waals surface area contributed by atoms with E-state index in [4.69, 9.17) is 0 Å². The lowest BCUT2D eigenvalue weighted by atomic mass is 9.97. The average Bonchev–Trinajstić information content (AvgIpc) is 3.00. The lowest BCUT2D eigenvalue weighted by molar-refractivity contribution is -0.131. The van der Waals surface area contributed by atoms with Gasteiger partial charge < -0.3 is 14.8 Å². The molecule has 2 amide bonds. The van der Waals surface area contributed by atoms with Crippen LogP contribution in [0.1, 0.15) is 65.6 Å². The van der Waals surface area contributed by atoms with E-state index in [0.29, 0.717) is 12.1 Å². The Bertz CT molecular complexity index is 891. The van der Waals surface area contributed by atoms with Crippen LogP contribution in [0.2, 0.25) is 0 Å². The number of rotatable bonds is 4. The number of hydrogen-bond acceptors (Lipinski definition) is 4. The third kappa shape index (κ3) is 4.49. The van der Waals surface area contributed by atoms with E-state index in [1.54, 1.807) is 6.07 Å². The zero-order valence-corrected chi connectivity index (χ0v) is 17.1. The van der Waals surface area contributed by atoms with Crippen molar-refractivity contribution in [3.05, 3.63) is 47.0 Å². The molecule has 3 heterocycles. The maximum absolute atomic E-state index is 12.7. The molecule has 2 aromatic rings. The standard InChI is InChI=1S/C22H29N5O2/c1-16-7-5-8-17(13-16)22(29)23-14-20(28)26-11-6-9-18(15-26)21-25-24-19-10-3-2-4-12-27(19)21/h5,7-8,13,18H,2-4,6,9-12,14-15H2,1H3,(H,23,29). The first-order chi connectivity index (χ1) is 14.1. The Morgan fingerprint density at radius 3 is 2.90 bits per heavy atom. The molecule has 29 heavy (non-hydrogen) atoms. The molecule has 1 fully saturated rings. The van der Waals surface area contributed by atoms with Gasteiger partial charge in [0.15, 0.2) is 0 Å². The number of likely N-dealkylation sites (tertiary alicyclic amines) is 1. The second-order valence-electron chi connectivity index (χ2n) is 8.17. The lowest BCUT2D eigenvalue weighted by Crippen LogP contribution is -2.45. The third-order valence-electron chi connectivity index (χ3n) is 5.96. The van der Waals surface area contributed by atoms with Crippen LogP contribution < -0.4 is 5.32 Å². The Morgan fingerprint density at radius 1 is 1.14 bits per heavy atom. The van der Waals surface area contributed by atoms with E-state index in [0.717, 1.165) is 49.6 Å². The summed E-state index contributed by atoms with van der Waals surface area (Å²) in [6, 6.07) is 7.39. The molecule has 1 N–H and O–H groups in total. The summed E-state index contributed by atoms with van der Waals surface area (Å²) in [5.41, 5.74) is 1.61. The van der Waals surface area contributed by atoms with Crippen molar-refractivity contribution in [2.75, 3.05) is 19.6 Å². The van der Waals surface area contributed by atoms with Gasteiger partial charge in [0.05, 0.1) is 6.54 Å². The molecule has 0 radical (unpaired) electrons. The minimum atomic E-state index is -0.210. The molecule has 1 atom stereocenters. The van der Waals surface area contributed by atoms with Crippen LogP contribution in [-0.2, 0) is 17.8 Å². The lowest BCUT2D eigenvalue weighted by Gasteiger charge is -2.32. The van der Waals surface area contributed by atoms with Gasteiger partial charge >= 0.3 is 0 Å². The zero-order chi connectivity index (χ0) is 20.2. The van der Waals surface area contributed by atoms with Crippen LogP contribution in [-0.4, -0.2) is 51.1 Å². The van der Waals surface area contributed by atoms with Gasteiger partial charge in [0.1, 0.15) is 11.6 Å². The summed E-state index contributed by atoms with van der Waals surface area (Å²) in [5.74, 6) is 2.10. The molecule has 0 bridgehead atoms. The van der Waals surface area contributed by atoms with Gasteiger partial charge in [-0.15, -0.1) is 10.2 Å². The number of aromatic nitrogens is 3. The largest absolute Gasteiger partial charge is 0.343 e. The van der Waals surface area contributed by atoms with E-state index in [1.807, 2.05) is 30.0 Å². The van der Waals surface area contributed by atoms with Crippen molar-refractivity contribution < 1.29 is 9.59 Å². The van der Waals surface area contributed by atoms with E-state index in [2.05, 4.69) is 20.1 Å². The first kappa shape index (κ1) is 19.6. The number of piperidine rings is 1. The van der Waals surface area contributed by atoms with Crippen LogP contribution in [0.4, 0.5) is 0 Å². The molecule has 1 aromatic carbocycles. The van der Waals surface area contributed by atoms with Crippen LogP contribution >= 0.6 is 0 Å². The summed E-state index contributed by atoms with van der Waals surface area (Å²) in [4.78, 5) is 26.9. The van der Waals surface area contributed by atoms with Crippen LogP contribution in [0.5, 0.6) is 0 Å². The molecular weight excluding hydrogens is 366 g/mol. The highest BCUT2D eigenvalue weighted by Crippen LogP contribution is 2.28. The molecule has 4 rings (SSSR count). The van der Waals surface area contributed by atoms with Gasteiger partial charge in [-0.1, -0.05) is 24.1 Å². The predicted octanol–water partition coefficient (Wildman–Crippen LogP) is 2.45. The summed E-state index contributed by atoms with van der Waals surface area (Å²) >= 11 is 0. The van der Waals surface area contributed by atoms with Gasteiger partial charge in [-0.25, -0.2) is 0 Å². The number of amides is 2. The molecule has 7 nitrogen and oxygen atoms in total. The molecule has 7 heteroatoms. The number of fused-ring (bicyclic) bond motifs is 1. The first-order valence-corrected chi connectivity index (χ1v) is 10.7. The number of hydrogen-bond donors (Lipinski definition) is 1. The molecule has 1 saturated heterocycles. The molecule has 0 saturated carbocycles. The highest BCUT2D eigenvalue weighted by atomic mass is 16.2. The second kappa shape index (κ2) is 8.76. The summed E-state index contributed by atoms with van der Waals surface area (Å²) in [5, 5.41) is 11.7. The molecule has 0 aliphatic carbocycles. The Kier molecular flexibility index (Phi) is 5.92. The van der Waals surface area contributed by atoms with Gasteiger partial charge in [0, 0.05) is 37.5 Å². The van der Waals surface area contributed by atoms with E-state index in [-0.39, 0.29) is 24.3 Å². The maximum atomic E-state index is 12.7. The molecule has 1 aromatic heterocycles. The van der Waals surface area contributed by atoms with Crippen LogP contribution in [0, 0.1) is 6.92 Å². The van der Waals surface area contributed by atoms with Gasteiger partial charge in [-0.05, 0) is 44.7 Å². The summed E-state index contributed by atoms with van der Waals surface area (Å²) in [7, 11) is 0. The number of benzene rings is 1. The van der Waals surface area contributed by atoms with Crippen LogP contribution in [0.3, 0.4) is 0 Å². The van der Waals surface area contributed by atoms with Crippen molar-refractivity contribution in [1.82, 2.24) is 25.0 Å². The third-order valence-corrected chi connectivity index (χ3v) is 5.96. The summed E-state index contributed by atoms with van der Waals surface area (Å²) in [6.45, 7) is 4.33. The molecule has 0 spiro atoms. The molecular formula is C22H29N5O2. The smallest absolute Gasteiger partial charge is 0.251 e. The van der Waals surface area contributed by atoms with Crippen molar-refractivity contribution in [3.8, 4) is 0 Å². The minimum absolute atomic E-state index is 0.0252. The normalized spacial score (nSPS) is 19.3. The van der Waals surface area contributed by atoms with Crippen LogP contribution in [0.15, 0.2) is 24.3 Å². The highest BCUT2D eigenvalue weighted by molar-refractivity contribution is 5.96. The van der Waals surface area contributed by atoms with Crippen molar-refractivity contribution in [3.63, 3.8) is 0 Å². The Hall–Kier alpha value is -2.70. The van der Waals surface area contributed by atoms with Gasteiger partial charge in [0.25, 0.3) is 5.91 Å². The number of nitrogens with zero attached hydrogens (tertiary/aromatic N) is 4. The zero-order valence-electron chi connectivity index (χ0n) is 17.1. The quantitative estimate of drug-likeness (QED) is 0.862. The monoisotopic (exact) mass is 395 g/mol. The molecule has 154 valence electrons. The van der Waals surface area contributed by atoms with Gasteiger partial charge in [0.2, 0.25) is 5.91 Å². The maximum Gasteiger partial charge on any atom is 0.251 e. The summed E-state index contributed by atoms with van der Waals surface area (Å²) in [6.07, 6.45) is 6.54. The minimum Gasteiger partial charge on any atom is -0.343 e. The first-order valence-electron chi connectivity index (χ1n) is 10.7. The topological polar surface area (TPSA) is 80.1 Å². The number of carbonyl (C=O) groups is 2. The van der Waals surface area contributed by atoms with Crippen molar-refractivity contribution >= 4 is 11.8 Å². The SMILES string of the molecule is Cc1cccc(C(=O)NCC(=O)N2CCCC(c3nnc4n3CCCCC4)C2)c1. The average molecular weight is 396 g/mol. The summed E-state index contributed by atoms with van der Waals surface area (Å²) < 4.78 is 2.28. The van der Waals surface area contributed by atoms with Crippen LogP contribution in [0.25, 0.3) is 0 Å². The predicted molar refractivity (Wildman–Crippen MR) is 110 cm³/mol. The van der Waals surface area contributed by atoms with Gasteiger partial charge in [-0.2, -0.15) is 0 Å². The van der Waals surface area contributed by atoms with Crippen molar-refractivity contribution in [2.24, 2.45) is 0 Å². The molecule has 2 aliphatic rings. The van der Waals surface area contributed by atoms with Crippen molar-refractivity contribution in [2.45, 2.75) is 57.9 Å². The fourth-order valence-electron chi connectivity index (χ4n) is 4.38. The van der Waals surface area contributed by atoms with E-state index in [9.17, 15) is 9.59 Å². The molecule has 2 aliphatic heterocycles. The molecule has 1 unspecified atom stereocenters. The fraction of sp³-hybridized carbons (Fsp3) is 0.545. The number of carbonyl (C=O) groups excluding carboxylic acids is 2. The fourth-order valence-corrected chi connectivity index (χ4v) is 4.38. The Morgan fingerprint density at radius 2 is 2.03 bits per heavy atom. The Balaban J connectivity index is 1.36. The number of aryl methyl sites for hydroxylation is 2. The van der Waals surface area contributed by atoms with Crippen molar-refractivity contribution in [1.29, 1.82) is 0 Å². The van der Waals surface area contributed by atoms with E-state index < -0.39 is 0 Å². The van der Waals surface area contributed by atoms with Gasteiger partial charge in [-0.3, -0.25) is 9.59 Å².